The van der Waals surface area contributed by atoms with Crippen molar-refractivity contribution >= 4 is 17.5 Å². The smallest absolute Gasteiger partial charge is 0.320 e. The van der Waals surface area contributed by atoms with Gasteiger partial charge in [0.05, 0.1) is 11.9 Å². The van der Waals surface area contributed by atoms with E-state index in [0.717, 1.165) is 51.3 Å². The van der Waals surface area contributed by atoms with E-state index in [-0.39, 0.29) is 6.03 Å². The largest absolute Gasteiger partial charge is 0.368 e. The molecule has 1 saturated carbocycles. The van der Waals surface area contributed by atoms with Crippen LogP contribution in [0.1, 0.15) is 39.0 Å². The molecule has 1 saturated heterocycles. The monoisotopic (exact) mass is 331 g/mol. The topological polar surface area (TPSA) is 60.5 Å². The fourth-order valence-electron chi connectivity index (χ4n) is 3.55. The molecule has 1 aliphatic carbocycles. The van der Waals surface area contributed by atoms with Crippen LogP contribution in [-0.2, 0) is 0 Å². The lowest BCUT2D eigenvalue weighted by molar-refractivity contribution is 0.244. The number of piperazine rings is 1. The van der Waals surface area contributed by atoms with Crippen LogP contribution in [0.3, 0.4) is 0 Å². The molecular formula is C18H29N5O. The molecule has 2 amide bonds. The minimum Gasteiger partial charge on any atom is -0.368 e. The van der Waals surface area contributed by atoms with Crippen LogP contribution in [0.2, 0.25) is 0 Å². The van der Waals surface area contributed by atoms with Gasteiger partial charge in [0, 0.05) is 32.2 Å². The molecule has 132 valence electrons. The van der Waals surface area contributed by atoms with Crippen molar-refractivity contribution in [1.82, 2.24) is 15.2 Å². The van der Waals surface area contributed by atoms with Crippen molar-refractivity contribution in [3.63, 3.8) is 0 Å². The highest BCUT2D eigenvalue weighted by Gasteiger charge is 2.17. The van der Waals surface area contributed by atoms with Gasteiger partial charge < -0.3 is 15.1 Å². The van der Waals surface area contributed by atoms with E-state index in [9.17, 15) is 4.79 Å². The summed E-state index contributed by atoms with van der Waals surface area (Å²) in [6.45, 7) is 7.58. The number of pyridine rings is 1. The molecule has 2 fully saturated rings. The number of nitrogens with one attached hydrogen (secondary N) is 2. The van der Waals surface area contributed by atoms with E-state index in [1.165, 1.54) is 19.3 Å². The van der Waals surface area contributed by atoms with Crippen molar-refractivity contribution in [2.75, 3.05) is 42.9 Å². The molecule has 2 aliphatic rings. The van der Waals surface area contributed by atoms with Crippen LogP contribution in [0.5, 0.6) is 0 Å². The first-order valence-electron chi connectivity index (χ1n) is 9.25. The van der Waals surface area contributed by atoms with Crippen LogP contribution in [0.25, 0.3) is 0 Å². The molecule has 0 unspecified atom stereocenters. The maximum absolute atomic E-state index is 12.1. The number of rotatable bonds is 4. The first-order chi connectivity index (χ1) is 11.7. The van der Waals surface area contributed by atoms with E-state index in [4.69, 9.17) is 0 Å². The predicted molar refractivity (Wildman–Crippen MR) is 97.6 cm³/mol. The number of anilines is 2. The minimum absolute atomic E-state index is 0.140. The SMILES string of the molecule is CCN1CCN(c2ccc(NC(=O)NC3CCCCC3)nc2)CC1. The maximum atomic E-state index is 12.1. The zero-order chi connectivity index (χ0) is 16.8. The van der Waals surface area contributed by atoms with Crippen LogP contribution in [0.15, 0.2) is 18.3 Å². The average molecular weight is 331 g/mol. The van der Waals surface area contributed by atoms with E-state index in [0.29, 0.717) is 11.9 Å². The number of carbonyl (C=O) groups is 1. The summed E-state index contributed by atoms with van der Waals surface area (Å²) in [5.74, 6) is 0.610. The molecule has 0 bridgehead atoms. The van der Waals surface area contributed by atoms with Crippen LogP contribution >= 0.6 is 0 Å². The minimum atomic E-state index is -0.140. The normalized spacial score (nSPS) is 20.0. The molecule has 0 atom stereocenters. The van der Waals surface area contributed by atoms with Crippen LogP contribution in [0, 0.1) is 0 Å². The van der Waals surface area contributed by atoms with Gasteiger partial charge in [0.1, 0.15) is 5.82 Å². The van der Waals surface area contributed by atoms with Gasteiger partial charge in [-0.25, -0.2) is 9.78 Å². The van der Waals surface area contributed by atoms with Crippen molar-refractivity contribution in [3.8, 4) is 0 Å². The molecule has 6 nitrogen and oxygen atoms in total. The third kappa shape index (κ3) is 4.60. The highest BCUT2D eigenvalue weighted by molar-refractivity contribution is 5.88. The highest BCUT2D eigenvalue weighted by Crippen LogP contribution is 2.19. The van der Waals surface area contributed by atoms with E-state index >= 15 is 0 Å². The number of hydrogen-bond acceptors (Lipinski definition) is 4. The summed E-state index contributed by atoms with van der Waals surface area (Å²) < 4.78 is 0. The van der Waals surface area contributed by atoms with Crippen molar-refractivity contribution in [3.05, 3.63) is 18.3 Å². The number of urea groups is 1. The van der Waals surface area contributed by atoms with Gasteiger partial charge in [0.2, 0.25) is 0 Å². The molecule has 0 spiro atoms. The fraction of sp³-hybridized carbons (Fsp3) is 0.667. The molecule has 1 aromatic rings. The Morgan fingerprint density at radius 3 is 2.54 bits per heavy atom. The fourth-order valence-corrected chi connectivity index (χ4v) is 3.55. The first kappa shape index (κ1) is 17.0. The Bertz CT molecular complexity index is 519. The highest BCUT2D eigenvalue weighted by atomic mass is 16.2. The Morgan fingerprint density at radius 2 is 1.92 bits per heavy atom. The lowest BCUT2D eigenvalue weighted by Crippen LogP contribution is -2.46. The summed E-state index contributed by atoms with van der Waals surface area (Å²) in [4.78, 5) is 21.3. The molecule has 0 aromatic carbocycles. The molecule has 2 heterocycles. The van der Waals surface area contributed by atoms with Crippen molar-refractivity contribution in [2.45, 2.75) is 45.1 Å². The summed E-state index contributed by atoms with van der Waals surface area (Å²) in [5.41, 5.74) is 1.13. The quantitative estimate of drug-likeness (QED) is 0.890. The predicted octanol–water partition coefficient (Wildman–Crippen LogP) is 2.68. The second-order valence-corrected chi connectivity index (χ2v) is 6.76. The van der Waals surface area contributed by atoms with Gasteiger partial charge in [-0.1, -0.05) is 26.2 Å². The van der Waals surface area contributed by atoms with E-state index < -0.39 is 0 Å². The summed E-state index contributed by atoms with van der Waals surface area (Å²) in [5, 5.41) is 5.90. The van der Waals surface area contributed by atoms with E-state index in [1.54, 1.807) is 0 Å². The molecule has 24 heavy (non-hydrogen) atoms. The summed E-state index contributed by atoms with van der Waals surface area (Å²) in [7, 11) is 0. The third-order valence-electron chi connectivity index (χ3n) is 5.11. The van der Waals surface area contributed by atoms with Crippen molar-refractivity contribution < 1.29 is 4.79 Å². The van der Waals surface area contributed by atoms with E-state index in [2.05, 4.69) is 32.3 Å². The molecule has 1 aliphatic heterocycles. The maximum Gasteiger partial charge on any atom is 0.320 e. The molecule has 2 N–H and O–H groups in total. The van der Waals surface area contributed by atoms with Gasteiger partial charge in [-0.2, -0.15) is 0 Å². The number of carbonyl (C=O) groups excluding carboxylic acids is 1. The van der Waals surface area contributed by atoms with Gasteiger partial charge in [0.25, 0.3) is 0 Å². The van der Waals surface area contributed by atoms with Gasteiger partial charge >= 0.3 is 6.03 Å². The lowest BCUT2D eigenvalue weighted by Gasteiger charge is -2.35. The Labute approximate surface area is 144 Å². The zero-order valence-electron chi connectivity index (χ0n) is 14.6. The first-order valence-corrected chi connectivity index (χ1v) is 9.25. The van der Waals surface area contributed by atoms with Crippen LogP contribution in [0.4, 0.5) is 16.3 Å². The summed E-state index contributed by atoms with van der Waals surface area (Å²) >= 11 is 0. The molecule has 3 rings (SSSR count). The number of aromatic nitrogens is 1. The summed E-state index contributed by atoms with van der Waals surface area (Å²) in [6.07, 6.45) is 7.74. The number of amides is 2. The van der Waals surface area contributed by atoms with E-state index in [1.807, 2.05) is 18.3 Å². The molecule has 1 aromatic heterocycles. The van der Waals surface area contributed by atoms with Gasteiger partial charge in [-0.3, -0.25) is 5.32 Å². The van der Waals surface area contributed by atoms with Crippen molar-refractivity contribution in [2.24, 2.45) is 0 Å². The number of nitrogens with zero attached hydrogens (tertiary/aromatic N) is 3. The molecule has 6 heteroatoms. The van der Waals surface area contributed by atoms with Crippen LogP contribution < -0.4 is 15.5 Å². The Kier molecular flexibility index (Phi) is 5.91. The van der Waals surface area contributed by atoms with Gasteiger partial charge in [0.15, 0.2) is 0 Å². The Balaban J connectivity index is 1.48. The average Bonchev–Trinajstić information content (AvgIpc) is 2.63. The standard InChI is InChI=1S/C18H29N5O/c1-2-22-10-12-23(13-11-22)16-8-9-17(19-14-16)21-18(24)20-15-6-4-3-5-7-15/h8-9,14-15H,2-7,10-13H2,1H3,(H2,19,20,21,24). The lowest BCUT2D eigenvalue weighted by atomic mass is 9.96. The molecular weight excluding hydrogens is 302 g/mol. The van der Waals surface area contributed by atoms with Crippen LogP contribution in [-0.4, -0.2) is 54.7 Å². The van der Waals surface area contributed by atoms with Gasteiger partial charge in [-0.15, -0.1) is 0 Å². The van der Waals surface area contributed by atoms with Crippen molar-refractivity contribution in [1.29, 1.82) is 0 Å². The second kappa shape index (κ2) is 8.33. The third-order valence-corrected chi connectivity index (χ3v) is 5.11. The zero-order valence-corrected chi connectivity index (χ0v) is 14.6. The Morgan fingerprint density at radius 1 is 1.17 bits per heavy atom. The Hall–Kier alpha value is -1.82. The number of likely N-dealkylation sites (N-methyl/N-ethyl adjacent to an activating group) is 1. The number of hydrogen-bond donors (Lipinski definition) is 2. The second-order valence-electron chi connectivity index (χ2n) is 6.76. The summed E-state index contributed by atoms with van der Waals surface area (Å²) in [6, 6.07) is 4.11. The molecule has 0 radical (unpaired) electrons. The van der Waals surface area contributed by atoms with Gasteiger partial charge in [-0.05, 0) is 31.5 Å².